The number of hydrogen-bond acceptors (Lipinski definition) is 4. The molecule has 12 heteroatoms. The Hall–Kier alpha value is -2.89. The van der Waals surface area contributed by atoms with Crippen LogP contribution in [0.25, 0.3) is 0 Å². The van der Waals surface area contributed by atoms with Crippen LogP contribution in [-0.2, 0) is 11.2 Å². The topological polar surface area (TPSA) is 108 Å². The highest BCUT2D eigenvalue weighted by Crippen LogP contribution is 2.18. The number of nitrogens with one attached hydrogen (secondary N) is 2. The molecule has 1 aromatic rings. The van der Waals surface area contributed by atoms with Crippen LogP contribution < -0.4 is 16.6 Å². The van der Waals surface area contributed by atoms with E-state index in [-0.39, 0.29) is 23.6 Å². The summed E-state index contributed by atoms with van der Waals surface area (Å²) in [7, 11) is 1.85. The van der Waals surface area contributed by atoms with Crippen molar-refractivity contribution in [3.63, 3.8) is 0 Å². The molecule has 0 saturated carbocycles. The number of amides is 4. The van der Waals surface area contributed by atoms with Gasteiger partial charge >= 0.3 is 18.1 Å². The number of halogens is 4. The smallest absolute Gasteiger partial charge is 0.351 e. The van der Waals surface area contributed by atoms with Gasteiger partial charge < -0.3 is 15.5 Å². The van der Waals surface area contributed by atoms with Crippen LogP contribution in [0.5, 0.6) is 0 Å². The first kappa shape index (κ1) is 21.4. The standard InChI is InChI=1S/C16H19F4N5O3/c1-24-4-5-25(15(21)28)11(8-24)6-9-2-3-10(7-12(9)17)13(26)22-23-14(27)16(18,19)20/h2-3,7,11H,4-6,8H2,1H3,(H2,21,28)(H,22,26)(H,23,27). The third kappa shape index (κ3) is 5.31. The molecule has 1 atom stereocenters. The minimum atomic E-state index is -5.16. The van der Waals surface area contributed by atoms with Gasteiger partial charge in [-0.25, -0.2) is 9.18 Å². The summed E-state index contributed by atoms with van der Waals surface area (Å²) in [6, 6.07) is 2.36. The molecule has 2 rings (SSSR count). The maximum absolute atomic E-state index is 14.4. The fourth-order valence-corrected chi connectivity index (χ4v) is 2.84. The Kier molecular flexibility index (Phi) is 6.44. The van der Waals surface area contributed by atoms with Crippen molar-refractivity contribution in [3.05, 3.63) is 35.1 Å². The fourth-order valence-electron chi connectivity index (χ4n) is 2.84. The SMILES string of the molecule is CN1CCN(C(N)=O)C(Cc2ccc(C(=O)NNC(=O)C(F)(F)F)cc2F)C1. The second kappa shape index (κ2) is 8.42. The van der Waals surface area contributed by atoms with Crippen LogP contribution in [0, 0.1) is 5.82 Å². The average Bonchev–Trinajstić information content (AvgIpc) is 2.60. The van der Waals surface area contributed by atoms with Crippen LogP contribution in [0.4, 0.5) is 22.4 Å². The molecule has 1 aliphatic rings. The van der Waals surface area contributed by atoms with Crippen molar-refractivity contribution in [2.75, 3.05) is 26.7 Å². The molecule has 28 heavy (non-hydrogen) atoms. The van der Waals surface area contributed by atoms with Crippen molar-refractivity contribution in [1.29, 1.82) is 0 Å². The summed E-state index contributed by atoms with van der Waals surface area (Å²) in [5, 5.41) is 0. The van der Waals surface area contributed by atoms with E-state index in [9.17, 15) is 31.9 Å². The van der Waals surface area contributed by atoms with E-state index in [0.29, 0.717) is 19.6 Å². The molecule has 1 aromatic carbocycles. The fraction of sp³-hybridized carbons (Fsp3) is 0.438. The normalized spacial score (nSPS) is 17.9. The van der Waals surface area contributed by atoms with Gasteiger partial charge in [0.2, 0.25) is 0 Å². The molecule has 1 unspecified atom stereocenters. The lowest BCUT2D eigenvalue weighted by Gasteiger charge is -2.39. The van der Waals surface area contributed by atoms with Gasteiger partial charge in [0.15, 0.2) is 0 Å². The number of nitrogens with zero attached hydrogens (tertiary/aromatic N) is 2. The van der Waals surface area contributed by atoms with Crippen LogP contribution in [0.3, 0.4) is 0 Å². The summed E-state index contributed by atoms with van der Waals surface area (Å²) in [4.78, 5) is 37.4. The number of hydrazine groups is 1. The van der Waals surface area contributed by atoms with E-state index in [1.54, 1.807) is 5.43 Å². The van der Waals surface area contributed by atoms with E-state index in [4.69, 9.17) is 5.73 Å². The first-order valence-corrected chi connectivity index (χ1v) is 8.19. The number of piperazine rings is 1. The lowest BCUT2D eigenvalue weighted by molar-refractivity contribution is -0.174. The van der Waals surface area contributed by atoms with Gasteiger partial charge in [-0.1, -0.05) is 6.07 Å². The van der Waals surface area contributed by atoms with Crippen molar-refractivity contribution < 1.29 is 31.9 Å². The van der Waals surface area contributed by atoms with Gasteiger partial charge in [-0.15, -0.1) is 0 Å². The molecule has 4 amide bonds. The van der Waals surface area contributed by atoms with Gasteiger partial charge in [-0.2, -0.15) is 13.2 Å². The highest BCUT2D eigenvalue weighted by molar-refractivity contribution is 5.95. The van der Waals surface area contributed by atoms with E-state index >= 15 is 0 Å². The van der Waals surface area contributed by atoms with Gasteiger partial charge in [0.1, 0.15) is 5.82 Å². The Bertz CT molecular complexity index is 771. The minimum Gasteiger partial charge on any atom is -0.351 e. The molecule has 0 bridgehead atoms. The zero-order valence-corrected chi connectivity index (χ0v) is 14.8. The Morgan fingerprint density at radius 1 is 1.21 bits per heavy atom. The number of benzene rings is 1. The second-order valence-corrected chi connectivity index (χ2v) is 6.36. The summed E-state index contributed by atoms with van der Waals surface area (Å²) in [6.45, 7) is 1.51. The summed E-state index contributed by atoms with van der Waals surface area (Å²) < 4.78 is 50.7. The maximum Gasteiger partial charge on any atom is 0.472 e. The predicted molar refractivity (Wildman–Crippen MR) is 89.3 cm³/mol. The van der Waals surface area contributed by atoms with Crippen molar-refractivity contribution >= 4 is 17.8 Å². The van der Waals surface area contributed by atoms with Crippen LogP contribution >= 0.6 is 0 Å². The highest BCUT2D eigenvalue weighted by atomic mass is 19.4. The molecular weight excluding hydrogens is 386 g/mol. The average molecular weight is 405 g/mol. The number of rotatable bonds is 3. The lowest BCUT2D eigenvalue weighted by Crippen LogP contribution is -2.56. The molecule has 1 fully saturated rings. The van der Waals surface area contributed by atoms with E-state index in [1.165, 1.54) is 22.5 Å². The Balaban J connectivity index is 2.06. The van der Waals surface area contributed by atoms with Gasteiger partial charge in [-0.05, 0) is 31.2 Å². The first-order valence-electron chi connectivity index (χ1n) is 8.19. The molecule has 0 spiro atoms. The Morgan fingerprint density at radius 3 is 2.46 bits per heavy atom. The molecule has 1 aliphatic heterocycles. The Labute approximate surface area is 157 Å². The molecule has 1 heterocycles. The number of likely N-dealkylation sites (N-methyl/N-ethyl adjacent to an activating group) is 1. The van der Waals surface area contributed by atoms with Crippen molar-refractivity contribution in [1.82, 2.24) is 20.7 Å². The summed E-state index contributed by atoms with van der Waals surface area (Å²) in [5.74, 6) is -4.24. The molecule has 1 saturated heterocycles. The summed E-state index contributed by atoms with van der Waals surface area (Å²) >= 11 is 0. The zero-order valence-electron chi connectivity index (χ0n) is 14.8. The third-order valence-electron chi connectivity index (χ3n) is 4.29. The van der Waals surface area contributed by atoms with Crippen LogP contribution in [0.2, 0.25) is 0 Å². The van der Waals surface area contributed by atoms with E-state index in [2.05, 4.69) is 0 Å². The molecule has 4 N–H and O–H groups in total. The summed E-state index contributed by atoms with van der Waals surface area (Å²) in [6.07, 6.45) is -5.02. The van der Waals surface area contributed by atoms with Gasteiger partial charge in [0.25, 0.3) is 5.91 Å². The number of nitrogens with two attached hydrogens (primary N) is 1. The monoisotopic (exact) mass is 405 g/mol. The largest absolute Gasteiger partial charge is 0.472 e. The Morgan fingerprint density at radius 2 is 1.89 bits per heavy atom. The van der Waals surface area contributed by atoms with Crippen molar-refractivity contribution in [2.24, 2.45) is 5.73 Å². The third-order valence-corrected chi connectivity index (χ3v) is 4.29. The summed E-state index contributed by atoms with van der Waals surface area (Å²) in [5.41, 5.74) is 8.04. The molecular formula is C16H19F4N5O3. The number of carbonyl (C=O) groups is 3. The van der Waals surface area contributed by atoms with Crippen LogP contribution in [0.1, 0.15) is 15.9 Å². The molecule has 0 aromatic heterocycles. The van der Waals surface area contributed by atoms with Crippen LogP contribution in [0.15, 0.2) is 18.2 Å². The van der Waals surface area contributed by atoms with Crippen molar-refractivity contribution in [3.8, 4) is 0 Å². The van der Waals surface area contributed by atoms with Gasteiger partial charge in [-0.3, -0.25) is 20.4 Å². The maximum atomic E-state index is 14.4. The minimum absolute atomic E-state index is 0.145. The van der Waals surface area contributed by atoms with Crippen molar-refractivity contribution in [2.45, 2.75) is 18.6 Å². The highest BCUT2D eigenvalue weighted by Gasteiger charge is 2.39. The predicted octanol–water partition coefficient (Wildman–Crippen LogP) is 0.386. The first-order chi connectivity index (χ1) is 13.0. The molecule has 154 valence electrons. The van der Waals surface area contributed by atoms with E-state index in [0.717, 1.165) is 6.07 Å². The van der Waals surface area contributed by atoms with E-state index < -0.39 is 29.8 Å². The number of alkyl halides is 3. The zero-order chi connectivity index (χ0) is 21.1. The second-order valence-electron chi connectivity index (χ2n) is 6.36. The number of carbonyl (C=O) groups excluding carboxylic acids is 3. The number of urea groups is 1. The lowest BCUT2D eigenvalue weighted by atomic mass is 10.0. The quantitative estimate of drug-likeness (QED) is 0.499. The van der Waals surface area contributed by atoms with Gasteiger partial charge in [0.05, 0.1) is 6.04 Å². The molecule has 0 aliphatic carbocycles. The van der Waals surface area contributed by atoms with Gasteiger partial charge in [0, 0.05) is 25.2 Å². The molecule has 8 nitrogen and oxygen atoms in total. The number of hydrogen-bond donors (Lipinski definition) is 3. The molecule has 0 radical (unpaired) electrons. The van der Waals surface area contributed by atoms with Crippen LogP contribution in [-0.4, -0.2) is 66.5 Å². The van der Waals surface area contributed by atoms with E-state index in [1.807, 2.05) is 11.9 Å². The number of primary amides is 1.